The summed E-state index contributed by atoms with van der Waals surface area (Å²) < 4.78 is 10.6. The smallest absolute Gasteiger partial charge is 0.251 e. The van der Waals surface area contributed by atoms with Gasteiger partial charge in [0.15, 0.2) is 0 Å². The van der Waals surface area contributed by atoms with Crippen LogP contribution in [-0.4, -0.2) is 70.4 Å². The average molecular weight is 335 g/mol. The van der Waals surface area contributed by atoms with E-state index in [1.807, 2.05) is 18.2 Å². The first kappa shape index (κ1) is 18.7. The molecule has 1 saturated heterocycles. The van der Waals surface area contributed by atoms with Crippen molar-refractivity contribution in [3.05, 3.63) is 29.8 Å². The minimum atomic E-state index is -0.0438. The summed E-state index contributed by atoms with van der Waals surface area (Å²) in [4.78, 5) is 14.6. The first-order chi connectivity index (χ1) is 11.8. The second-order valence-electron chi connectivity index (χ2n) is 5.92. The third-order valence-electron chi connectivity index (χ3n) is 4.00. The number of hydrogen-bond acceptors (Lipinski definition) is 5. The van der Waals surface area contributed by atoms with E-state index in [-0.39, 0.29) is 5.91 Å². The predicted octanol–water partition coefficient (Wildman–Crippen LogP) is 1.13. The topological polar surface area (TPSA) is 62.8 Å². The largest absolute Gasteiger partial charge is 0.493 e. The highest BCUT2D eigenvalue weighted by molar-refractivity contribution is 5.94. The van der Waals surface area contributed by atoms with Gasteiger partial charge in [0.25, 0.3) is 5.91 Å². The van der Waals surface area contributed by atoms with Crippen LogP contribution in [0.4, 0.5) is 0 Å². The summed E-state index contributed by atoms with van der Waals surface area (Å²) in [6.45, 7) is 7.29. The summed E-state index contributed by atoms with van der Waals surface area (Å²) in [5.74, 6) is 0.678. The summed E-state index contributed by atoms with van der Waals surface area (Å²) >= 11 is 0. The molecular formula is C18H29N3O3. The van der Waals surface area contributed by atoms with Crippen LogP contribution >= 0.6 is 0 Å². The van der Waals surface area contributed by atoms with Crippen molar-refractivity contribution in [3.8, 4) is 5.75 Å². The van der Waals surface area contributed by atoms with E-state index in [0.717, 1.165) is 51.3 Å². The van der Waals surface area contributed by atoms with Gasteiger partial charge in [0, 0.05) is 58.4 Å². The predicted molar refractivity (Wildman–Crippen MR) is 94.7 cm³/mol. The van der Waals surface area contributed by atoms with Crippen LogP contribution in [0, 0.1) is 0 Å². The summed E-state index contributed by atoms with van der Waals surface area (Å²) in [6.07, 6.45) is 1.80. The van der Waals surface area contributed by atoms with E-state index in [4.69, 9.17) is 9.47 Å². The average Bonchev–Trinajstić information content (AvgIpc) is 2.63. The van der Waals surface area contributed by atoms with Gasteiger partial charge < -0.3 is 25.0 Å². The Hall–Kier alpha value is -1.63. The number of rotatable bonds is 10. The molecule has 134 valence electrons. The summed E-state index contributed by atoms with van der Waals surface area (Å²) in [5, 5.41) is 6.33. The minimum absolute atomic E-state index is 0.0438. The third-order valence-corrected chi connectivity index (χ3v) is 4.00. The van der Waals surface area contributed by atoms with Crippen molar-refractivity contribution in [1.29, 1.82) is 0 Å². The Morgan fingerprint density at radius 3 is 2.88 bits per heavy atom. The molecular weight excluding hydrogens is 306 g/mol. The Kier molecular flexibility index (Phi) is 8.59. The van der Waals surface area contributed by atoms with Gasteiger partial charge in [0.2, 0.25) is 0 Å². The van der Waals surface area contributed by atoms with Gasteiger partial charge in [-0.3, -0.25) is 4.79 Å². The zero-order chi connectivity index (χ0) is 17.0. The van der Waals surface area contributed by atoms with E-state index in [1.165, 1.54) is 0 Å². The fourth-order valence-corrected chi connectivity index (χ4v) is 2.66. The van der Waals surface area contributed by atoms with Crippen LogP contribution in [0.3, 0.4) is 0 Å². The molecule has 1 aromatic rings. The minimum Gasteiger partial charge on any atom is -0.493 e. The molecule has 24 heavy (non-hydrogen) atoms. The van der Waals surface area contributed by atoms with E-state index in [2.05, 4.69) is 15.5 Å². The lowest BCUT2D eigenvalue weighted by Gasteiger charge is -2.27. The lowest BCUT2D eigenvalue weighted by molar-refractivity contribution is 0.0950. The highest BCUT2D eigenvalue weighted by Crippen LogP contribution is 2.13. The number of benzene rings is 1. The number of nitrogens with one attached hydrogen (secondary N) is 2. The van der Waals surface area contributed by atoms with Crippen LogP contribution in [0.25, 0.3) is 0 Å². The number of nitrogens with zero attached hydrogens (tertiary/aromatic N) is 1. The summed E-state index contributed by atoms with van der Waals surface area (Å²) in [6, 6.07) is 7.32. The van der Waals surface area contributed by atoms with Gasteiger partial charge in [-0.2, -0.15) is 0 Å². The first-order valence-electron chi connectivity index (χ1n) is 8.72. The van der Waals surface area contributed by atoms with Crippen molar-refractivity contribution in [3.63, 3.8) is 0 Å². The van der Waals surface area contributed by atoms with Crippen molar-refractivity contribution in [2.24, 2.45) is 0 Å². The number of carbonyl (C=O) groups is 1. The lowest BCUT2D eigenvalue weighted by Crippen LogP contribution is -2.44. The van der Waals surface area contributed by atoms with Gasteiger partial charge in [0.1, 0.15) is 5.75 Å². The van der Waals surface area contributed by atoms with Gasteiger partial charge in [-0.05, 0) is 31.2 Å². The highest BCUT2D eigenvalue weighted by atomic mass is 16.5. The van der Waals surface area contributed by atoms with Gasteiger partial charge >= 0.3 is 0 Å². The fraction of sp³-hybridized carbons (Fsp3) is 0.611. The van der Waals surface area contributed by atoms with Crippen molar-refractivity contribution >= 4 is 5.91 Å². The third kappa shape index (κ3) is 6.86. The van der Waals surface area contributed by atoms with Crippen molar-refractivity contribution < 1.29 is 14.3 Å². The van der Waals surface area contributed by atoms with Crippen LogP contribution < -0.4 is 15.4 Å². The van der Waals surface area contributed by atoms with Crippen LogP contribution in [0.1, 0.15) is 23.2 Å². The molecule has 1 aromatic carbocycles. The van der Waals surface area contributed by atoms with Crippen molar-refractivity contribution in [2.45, 2.75) is 12.8 Å². The molecule has 0 spiro atoms. The highest BCUT2D eigenvalue weighted by Gasteiger charge is 2.10. The van der Waals surface area contributed by atoms with Gasteiger partial charge in [-0.1, -0.05) is 6.07 Å². The molecule has 1 heterocycles. The van der Waals surface area contributed by atoms with Crippen LogP contribution in [0.2, 0.25) is 0 Å². The number of carbonyl (C=O) groups excluding carboxylic acids is 1. The van der Waals surface area contributed by atoms with Crippen LogP contribution in [0.5, 0.6) is 5.75 Å². The van der Waals surface area contributed by atoms with Crippen LogP contribution in [-0.2, 0) is 4.74 Å². The Morgan fingerprint density at radius 1 is 1.25 bits per heavy atom. The van der Waals surface area contributed by atoms with Crippen molar-refractivity contribution in [1.82, 2.24) is 15.5 Å². The molecule has 0 bridgehead atoms. The summed E-state index contributed by atoms with van der Waals surface area (Å²) in [7, 11) is 1.67. The molecule has 1 aliphatic heterocycles. The Balaban J connectivity index is 1.67. The molecule has 0 atom stereocenters. The molecule has 2 rings (SSSR count). The number of ether oxygens (including phenoxy) is 2. The molecule has 0 aliphatic carbocycles. The maximum Gasteiger partial charge on any atom is 0.251 e. The van der Waals surface area contributed by atoms with Gasteiger partial charge in [-0.25, -0.2) is 0 Å². The Bertz CT molecular complexity index is 490. The molecule has 6 nitrogen and oxygen atoms in total. The SMILES string of the molecule is COCCCOc1cccc(C(=O)NCCCN2CCNCC2)c1. The molecule has 2 N–H and O–H groups in total. The van der Waals surface area contributed by atoms with Gasteiger partial charge in [0.05, 0.1) is 6.61 Å². The standard InChI is InChI=1S/C18H29N3O3/c1-23-13-4-14-24-17-6-2-5-16(15-17)18(22)20-7-3-10-21-11-8-19-9-12-21/h2,5-6,15,19H,3-4,7-14H2,1H3,(H,20,22). The van der Waals surface area contributed by atoms with E-state index < -0.39 is 0 Å². The maximum absolute atomic E-state index is 12.2. The Morgan fingerprint density at radius 2 is 2.08 bits per heavy atom. The quantitative estimate of drug-likeness (QED) is 0.628. The fourth-order valence-electron chi connectivity index (χ4n) is 2.66. The molecule has 0 aromatic heterocycles. The molecule has 6 heteroatoms. The lowest BCUT2D eigenvalue weighted by atomic mass is 10.2. The Labute approximate surface area is 144 Å². The molecule has 0 radical (unpaired) electrons. The molecule has 0 unspecified atom stereocenters. The normalized spacial score (nSPS) is 15.2. The number of methoxy groups -OCH3 is 1. The van der Waals surface area contributed by atoms with Crippen LogP contribution in [0.15, 0.2) is 24.3 Å². The van der Waals surface area contributed by atoms with E-state index in [0.29, 0.717) is 25.3 Å². The zero-order valence-electron chi connectivity index (χ0n) is 14.6. The molecule has 1 aliphatic rings. The van der Waals surface area contributed by atoms with E-state index >= 15 is 0 Å². The first-order valence-corrected chi connectivity index (χ1v) is 8.72. The van der Waals surface area contributed by atoms with E-state index in [1.54, 1.807) is 13.2 Å². The zero-order valence-corrected chi connectivity index (χ0v) is 14.6. The monoisotopic (exact) mass is 335 g/mol. The summed E-state index contributed by atoms with van der Waals surface area (Å²) in [5.41, 5.74) is 0.640. The van der Waals surface area contributed by atoms with Gasteiger partial charge in [-0.15, -0.1) is 0 Å². The number of piperazine rings is 1. The second-order valence-corrected chi connectivity index (χ2v) is 5.92. The second kappa shape index (κ2) is 11.0. The maximum atomic E-state index is 12.2. The van der Waals surface area contributed by atoms with E-state index in [9.17, 15) is 4.79 Å². The van der Waals surface area contributed by atoms with Crippen molar-refractivity contribution in [2.75, 3.05) is 59.6 Å². The molecule has 1 amide bonds. The number of hydrogen-bond donors (Lipinski definition) is 2. The molecule has 0 saturated carbocycles. The molecule has 1 fully saturated rings. The number of amides is 1.